The Morgan fingerprint density at radius 3 is 2.60 bits per heavy atom. The lowest BCUT2D eigenvalue weighted by atomic mass is 9.93. The highest BCUT2D eigenvalue weighted by molar-refractivity contribution is 5.45. The third-order valence-corrected chi connectivity index (χ3v) is 4.93. The summed E-state index contributed by atoms with van der Waals surface area (Å²) < 4.78 is 7.70. The minimum Gasteiger partial charge on any atom is -0.332 e. The van der Waals surface area contributed by atoms with Gasteiger partial charge in [-0.3, -0.25) is 13.9 Å². The fraction of sp³-hybridized carbons (Fsp3) is 0.647. The van der Waals surface area contributed by atoms with Crippen LogP contribution < -0.4 is 11.2 Å². The Morgan fingerprint density at radius 1 is 1.20 bits per heavy atom. The summed E-state index contributed by atoms with van der Waals surface area (Å²) >= 11 is 0. The quantitative estimate of drug-likeness (QED) is 0.795. The predicted octanol–water partition coefficient (Wildman–Crippen LogP) is 0.798. The maximum atomic E-state index is 12.0. The van der Waals surface area contributed by atoms with E-state index in [1.54, 1.807) is 7.05 Å². The molecule has 0 spiro atoms. The van der Waals surface area contributed by atoms with Gasteiger partial charge in [-0.1, -0.05) is 12.1 Å². The topological polar surface area (TPSA) is 86.2 Å². The fourth-order valence-electron chi connectivity index (χ4n) is 3.37. The lowest BCUT2D eigenvalue weighted by Gasteiger charge is -2.31. The van der Waals surface area contributed by atoms with Crippen LogP contribution in [-0.2, 0) is 20.5 Å². The molecule has 3 heterocycles. The van der Waals surface area contributed by atoms with Gasteiger partial charge in [0.25, 0.3) is 11.4 Å². The summed E-state index contributed by atoms with van der Waals surface area (Å²) in [6, 6.07) is 1.35. The third kappa shape index (κ3) is 3.73. The Labute approximate surface area is 146 Å². The van der Waals surface area contributed by atoms with E-state index in [0.717, 1.165) is 43.5 Å². The number of piperidine rings is 1. The van der Waals surface area contributed by atoms with Crippen molar-refractivity contribution in [2.24, 2.45) is 20.0 Å². The molecule has 0 atom stereocenters. The largest absolute Gasteiger partial charge is 0.332 e. The highest BCUT2D eigenvalue weighted by Crippen LogP contribution is 2.22. The van der Waals surface area contributed by atoms with Crippen molar-refractivity contribution in [3.8, 4) is 11.6 Å². The smallest absolute Gasteiger partial charge is 0.331 e. The standard InChI is InChI=1S/C17H25N5O3/c1-4-7-22-8-5-12(6-9-22)10-14-18-16(25-19-14)13-11-15(23)21(3)17(24)20(13)2/h11-12H,4-10H2,1-3H3. The van der Waals surface area contributed by atoms with E-state index in [1.165, 1.54) is 24.1 Å². The second kappa shape index (κ2) is 7.35. The summed E-state index contributed by atoms with van der Waals surface area (Å²) in [7, 11) is 3.03. The number of nitrogens with zero attached hydrogens (tertiary/aromatic N) is 5. The van der Waals surface area contributed by atoms with Crippen LogP contribution in [0.3, 0.4) is 0 Å². The first-order valence-electron chi connectivity index (χ1n) is 8.82. The number of hydrogen-bond donors (Lipinski definition) is 0. The molecule has 0 saturated carbocycles. The minimum atomic E-state index is -0.412. The fourth-order valence-corrected chi connectivity index (χ4v) is 3.37. The Bertz CT molecular complexity index is 843. The molecule has 1 fully saturated rings. The molecule has 0 unspecified atom stereocenters. The van der Waals surface area contributed by atoms with E-state index in [4.69, 9.17) is 4.52 Å². The molecule has 1 aliphatic rings. The molecule has 1 saturated heterocycles. The molecule has 0 radical (unpaired) electrons. The Kier molecular flexibility index (Phi) is 5.17. The molecule has 136 valence electrons. The highest BCUT2D eigenvalue weighted by atomic mass is 16.5. The maximum absolute atomic E-state index is 12.0. The zero-order chi connectivity index (χ0) is 18.0. The zero-order valence-corrected chi connectivity index (χ0v) is 15.1. The van der Waals surface area contributed by atoms with Gasteiger partial charge in [-0.2, -0.15) is 4.98 Å². The molecule has 8 heteroatoms. The lowest BCUT2D eigenvalue weighted by Crippen LogP contribution is -2.37. The van der Waals surface area contributed by atoms with E-state index in [0.29, 0.717) is 17.4 Å². The van der Waals surface area contributed by atoms with E-state index in [1.807, 2.05) is 0 Å². The van der Waals surface area contributed by atoms with Gasteiger partial charge in [-0.05, 0) is 44.8 Å². The van der Waals surface area contributed by atoms with Crippen LogP contribution in [0.4, 0.5) is 0 Å². The molecule has 0 aliphatic carbocycles. The third-order valence-electron chi connectivity index (χ3n) is 4.93. The molecule has 0 amide bonds. The zero-order valence-electron chi connectivity index (χ0n) is 15.1. The summed E-state index contributed by atoms with van der Waals surface area (Å²) in [5.74, 6) is 1.40. The van der Waals surface area contributed by atoms with E-state index in [2.05, 4.69) is 22.0 Å². The van der Waals surface area contributed by atoms with E-state index >= 15 is 0 Å². The predicted molar refractivity (Wildman–Crippen MR) is 93.4 cm³/mol. The molecule has 1 aliphatic heterocycles. The summed E-state index contributed by atoms with van der Waals surface area (Å²) in [6.07, 6.45) is 4.22. The first-order valence-corrected chi connectivity index (χ1v) is 8.82. The van der Waals surface area contributed by atoms with E-state index in [9.17, 15) is 9.59 Å². The van der Waals surface area contributed by atoms with E-state index in [-0.39, 0.29) is 11.4 Å². The van der Waals surface area contributed by atoms with Crippen LogP contribution in [0.25, 0.3) is 11.6 Å². The number of likely N-dealkylation sites (tertiary alicyclic amines) is 1. The SMILES string of the molecule is CCCN1CCC(Cc2noc(-c3cc(=O)n(C)c(=O)n3C)n2)CC1. The molecular formula is C17H25N5O3. The molecular weight excluding hydrogens is 322 g/mol. The van der Waals surface area contributed by atoms with Crippen molar-refractivity contribution in [1.29, 1.82) is 0 Å². The minimum absolute atomic E-state index is 0.218. The molecule has 0 aromatic carbocycles. The van der Waals surface area contributed by atoms with Gasteiger partial charge in [0.1, 0.15) is 5.69 Å². The van der Waals surface area contributed by atoms with Gasteiger partial charge in [0.05, 0.1) is 0 Å². The monoisotopic (exact) mass is 347 g/mol. The second-order valence-corrected chi connectivity index (χ2v) is 6.77. The highest BCUT2D eigenvalue weighted by Gasteiger charge is 2.22. The molecule has 25 heavy (non-hydrogen) atoms. The summed E-state index contributed by atoms with van der Waals surface area (Å²) in [5.41, 5.74) is -0.448. The van der Waals surface area contributed by atoms with Crippen LogP contribution in [0.2, 0.25) is 0 Å². The first kappa shape index (κ1) is 17.6. The van der Waals surface area contributed by atoms with Gasteiger partial charge in [-0.15, -0.1) is 0 Å². The molecule has 3 rings (SSSR count). The summed E-state index contributed by atoms with van der Waals surface area (Å²) in [4.78, 5) is 30.8. The van der Waals surface area contributed by atoms with Crippen LogP contribution in [0.5, 0.6) is 0 Å². The van der Waals surface area contributed by atoms with Gasteiger partial charge < -0.3 is 9.42 Å². The number of hydrogen-bond acceptors (Lipinski definition) is 6. The summed E-state index contributed by atoms with van der Waals surface area (Å²) in [5, 5.41) is 4.04. The van der Waals surface area contributed by atoms with Crippen molar-refractivity contribution in [2.75, 3.05) is 19.6 Å². The van der Waals surface area contributed by atoms with Gasteiger partial charge >= 0.3 is 5.69 Å². The van der Waals surface area contributed by atoms with Gasteiger partial charge in [0, 0.05) is 26.6 Å². The Morgan fingerprint density at radius 2 is 1.92 bits per heavy atom. The summed E-state index contributed by atoms with van der Waals surface area (Å²) in [6.45, 7) is 5.60. The van der Waals surface area contributed by atoms with Crippen LogP contribution in [0.15, 0.2) is 20.2 Å². The molecule has 8 nitrogen and oxygen atoms in total. The van der Waals surface area contributed by atoms with E-state index < -0.39 is 5.69 Å². The Hall–Kier alpha value is -2.22. The van der Waals surface area contributed by atoms with Crippen LogP contribution in [0.1, 0.15) is 32.0 Å². The Balaban J connectivity index is 1.72. The van der Waals surface area contributed by atoms with Gasteiger partial charge in [0.15, 0.2) is 5.82 Å². The van der Waals surface area contributed by atoms with Crippen molar-refractivity contribution in [2.45, 2.75) is 32.6 Å². The number of aromatic nitrogens is 4. The van der Waals surface area contributed by atoms with Crippen molar-refractivity contribution in [1.82, 2.24) is 24.2 Å². The van der Waals surface area contributed by atoms with Crippen LogP contribution >= 0.6 is 0 Å². The molecule has 2 aromatic heterocycles. The molecule has 0 bridgehead atoms. The van der Waals surface area contributed by atoms with Crippen LogP contribution in [0, 0.1) is 5.92 Å². The first-order chi connectivity index (χ1) is 12.0. The van der Waals surface area contributed by atoms with Crippen molar-refractivity contribution >= 4 is 0 Å². The normalized spacial score (nSPS) is 16.4. The van der Waals surface area contributed by atoms with Gasteiger partial charge in [0.2, 0.25) is 0 Å². The maximum Gasteiger partial charge on any atom is 0.331 e. The lowest BCUT2D eigenvalue weighted by molar-refractivity contribution is 0.182. The van der Waals surface area contributed by atoms with Crippen molar-refractivity contribution < 1.29 is 4.52 Å². The number of rotatable bonds is 5. The van der Waals surface area contributed by atoms with Crippen molar-refractivity contribution in [3.05, 3.63) is 32.7 Å². The molecule has 0 N–H and O–H groups in total. The van der Waals surface area contributed by atoms with Gasteiger partial charge in [-0.25, -0.2) is 4.79 Å². The van der Waals surface area contributed by atoms with Crippen LogP contribution in [-0.4, -0.2) is 43.8 Å². The average Bonchev–Trinajstić information content (AvgIpc) is 3.06. The molecule has 2 aromatic rings. The average molecular weight is 347 g/mol. The van der Waals surface area contributed by atoms with Crippen molar-refractivity contribution in [3.63, 3.8) is 0 Å². The second-order valence-electron chi connectivity index (χ2n) is 6.77.